The lowest BCUT2D eigenvalue weighted by molar-refractivity contribution is 0.0919. The number of benzene rings is 1. The first-order valence-corrected chi connectivity index (χ1v) is 8.06. The highest BCUT2D eigenvalue weighted by atomic mass is 16.5. The van der Waals surface area contributed by atoms with Gasteiger partial charge in [0.15, 0.2) is 5.76 Å². The minimum Gasteiger partial charge on any atom is -0.485 e. The van der Waals surface area contributed by atoms with Crippen LogP contribution in [-0.2, 0) is 20.2 Å². The predicted octanol–water partition coefficient (Wildman–Crippen LogP) is 3.14. The van der Waals surface area contributed by atoms with Crippen LogP contribution in [0.15, 0.2) is 47.1 Å². The molecule has 0 saturated carbocycles. The molecule has 0 aliphatic carbocycles. The molecule has 0 spiro atoms. The summed E-state index contributed by atoms with van der Waals surface area (Å²) in [4.78, 5) is 12.1. The van der Waals surface area contributed by atoms with Crippen LogP contribution < -0.4 is 10.1 Å². The Bertz CT molecular complexity index is 859. The Labute approximate surface area is 146 Å². The van der Waals surface area contributed by atoms with E-state index in [-0.39, 0.29) is 18.3 Å². The van der Waals surface area contributed by atoms with E-state index in [4.69, 9.17) is 9.15 Å². The van der Waals surface area contributed by atoms with Gasteiger partial charge in [0.1, 0.15) is 18.1 Å². The highest BCUT2D eigenvalue weighted by molar-refractivity contribution is 5.91. The number of hydrogen-bond donors (Lipinski definition) is 1. The molecule has 130 valence electrons. The molecular formula is C19H21N3O3. The van der Waals surface area contributed by atoms with E-state index in [2.05, 4.69) is 10.4 Å². The minimum absolute atomic E-state index is 0.262. The Morgan fingerprint density at radius 3 is 2.68 bits per heavy atom. The highest BCUT2D eigenvalue weighted by Crippen LogP contribution is 2.23. The van der Waals surface area contributed by atoms with Crippen LogP contribution in [0.5, 0.6) is 5.75 Å². The largest absolute Gasteiger partial charge is 0.485 e. The molecule has 3 aromatic rings. The van der Waals surface area contributed by atoms with Crippen LogP contribution in [0.25, 0.3) is 0 Å². The van der Waals surface area contributed by atoms with Crippen molar-refractivity contribution in [3.63, 3.8) is 0 Å². The van der Waals surface area contributed by atoms with Crippen molar-refractivity contribution in [2.75, 3.05) is 0 Å². The van der Waals surface area contributed by atoms with Gasteiger partial charge < -0.3 is 14.5 Å². The number of aromatic nitrogens is 2. The molecule has 0 aliphatic rings. The number of carbonyl (C=O) groups is 1. The van der Waals surface area contributed by atoms with Gasteiger partial charge in [-0.1, -0.05) is 18.2 Å². The number of carbonyl (C=O) groups excluding carboxylic acids is 1. The van der Waals surface area contributed by atoms with Crippen molar-refractivity contribution in [3.05, 3.63) is 70.9 Å². The van der Waals surface area contributed by atoms with Gasteiger partial charge in [-0.25, -0.2) is 0 Å². The number of ether oxygens (including phenoxy) is 1. The number of rotatable bonds is 6. The molecule has 6 nitrogen and oxygen atoms in total. The van der Waals surface area contributed by atoms with E-state index in [1.165, 1.54) is 0 Å². The van der Waals surface area contributed by atoms with Crippen molar-refractivity contribution in [2.24, 2.45) is 7.05 Å². The van der Waals surface area contributed by atoms with Crippen molar-refractivity contribution in [2.45, 2.75) is 27.0 Å². The molecule has 2 aromatic heterocycles. The number of nitrogens with zero attached hydrogens (tertiary/aromatic N) is 2. The Morgan fingerprint density at radius 1 is 1.24 bits per heavy atom. The highest BCUT2D eigenvalue weighted by Gasteiger charge is 2.12. The maximum absolute atomic E-state index is 12.1. The van der Waals surface area contributed by atoms with Crippen molar-refractivity contribution < 1.29 is 13.9 Å². The van der Waals surface area contributed by atoms with Crippen LogP contribution in [0.1, 0.15) is 33.0 Å². The Morgan fingerprint density at radius 2 is 2.00 bits per heavy atom. The number of furan rings is 1. The fourth-order valence-electron chi connectivity index (χ4n) is 2.58. The Hall–Kier alpha value is -3.02. The molecule has 2 heterocycles. The predicted molar refractivity (Wildman–Crippen MR) is 93.3 cm³/mol. The molecule has 1 N–H and O–H groups in total. The van der Waals surface area contributed by atoms with Gasteiger partial charge in [-0.15, -0.1) is 0 Å². The lowest BCUT2D eigenvalue weighted by Gasteiger charge is -2.10. The lowest BCUT2D eigenvalue weighted by Crippen LogP contribution is -2.22. The summed E-state index contributed by atoms with van der Waals surface area (Å²) in [5.41, 5.74) is 3.07. The molecule has 0 aliphatic heterocycles. The summed E-state index contributed by atoms with van der Waals surface area (Å²) in [6.45, 7) is 4.69. The van der Waals surface area contributed by atoms with E-state index in [0.29, 0.717) is 12.3 Å². The van der Waals surface area contributed by atoms with Gasteiger partial charge in [0, 0.05) is 25.4 Å². The topological polar surface area (TPSA) is 69.3 Å². The molecular weight excluding hydrogens is 318 g/mol. The van der Waals surface area contributed by atoms with Gasteiger partial charge >= 0.3 is 0 Å². The molecule has 0 bridgehead atoms. The zero-order valence-corrected chi connectivity index (χ0v) is 14.6. The van der Waals surface area contributed by atoms with Crippen molar-refractivity contribution in [1.82, 2.24) is 15.1 Å². The summed E-state index contributed by atoms with van der Waals surface area (Å²) in [7, 11) is 1.83. The SMILES string of the molecule is Cc1cccc(C)c1OCc1ccc(C(=O)NCc2cnn(C)c2)o1. The van der Waals surface area contributed by atoms with Gasteiger partial charge in [0.2, 0.25) is 0 Å². The number of para-hydroxylation sites is 1. The number of nitrogens with one attached hydrogen (secondary N) is 1. The first-order valence-electron chi connectivity index (χ1n) is 8.06. The molecule has 25 heavy (non-hydrogen) atoms. The van der Waals surface area contributed by atoms with E-state index in [9.17, 15) is 4.79 Å². The van der Waals surface area contributed by atoms with E-state index in [1.54, 1.807) is 23.0 Å². The summed E-state index contributed by atoms with van der Waals surface area (Å²) in [5.74, 6) is 1.46. The Balaban J connectivity index is 1.57. The zero-order chi connectivity index (χ0) is 17.8. The molecule has 0 atom stereocenters. The van der Waals surface area contributed by atoms with Crippen LogP contribution in [0.2, 0.25) is 0 Å². The summed E-state index contributed by atoms with van der Waals surface area (Å²) in [6, 6.07) is 9.41. The monoisotopic (exact) mass is 339 g/mol. The van der Waals surface area contributed by atoms with Crippen LogP contribution in [-0.4, -0.2) is 15.7 Å². The van der Waals surface area contributed by atoms with E-state index < -0.39 is 0 Å². The number of hydrogen-bond acceptors (Lipinski definition) is 4. The lowest BCUT2D eigenvalue weighted by atomic mass is 10.1. The second-order valence-corrected chi connectivity index (χ2v) is 5.98. The second kappa shape index (κ2) is 7.25. The summed E-state index contributed by atoms with van der Waals surface area (Å²) >= 11 is 0. The van der Waals surface area contributed by atoms with Crippen LogP contribution in [0, 0.1) is 13.8 Å². The molecule has 0 fully saturated rings. The normalized spacial score (nSPS) is 10.7. The van der Waals surface area contributed by atoms with E-state index >= 15 is 0 Å². The molecule has 3 rings (SSSR count). The molecule has 0 radical (unpaired) electrons. The smallest absolute Gasteiger partial charge is 0.287 e. The van der Waals surface area contributed by atoms with Crippen molar-refractivity contribution in [1.29, 1.82) is 0 Å². The van der Waals surface area contributed by atoms with E-state index in [1.807, 2.05) is 45.3 Å². The van der Waals surface area contributed by atoms with Gasteiger partial charge in [0.25, 0.3) is 5.91 Å². The van der Waals surface area contributed by atoms with Crippen LogP contribution >= 0.6 is 0 Å². The third-order valence-corrected chi connectivity index (χ3v) is 3.86. The zero-order valence-electron chi connectivity index (χ0n) is 14.6. The third kappa shape index (κ3) is 4.09. The Kier molecular flexibility index (Phi) is 4.88. The van der Waals surface area contributed by atoms with Gasteiger partial charge in [0.05, 0.1) is 6.20 Å². The summed E-state index contributed by atoms with van der Waals surface area (Å²) < 4.78 is 13.1. The van der Waals surface area contributed by atoms with Crippen LogP contribution in [0.3, 0.4) is 0 Å². The molecule has 6 heteroatoms. The molecule has 1 aromatic carbocycles. The van der Waals surface area contributed by atoms with Gasteiger partial charge in [-0.2, -0.15) is 5.10 Å². The molecule has 1 amide bonds. The molecule has 0 saturated heterocycles. The standard InChI is InChI=1S/C19H21N3O3/c1-13-5-4-6-14(2)18(13)24-12-16-7-8-17(25-16)19(23)20-9-15-10-21-22(3)11-15/h4-8,10-11H,9,12H2,1-3H3,(H,20,23). The third-order valence-electron chi connectivity index (χ3n) is 3.86. The summed E-state index contributed by atoms with van der Waals surface area (Å²) in [6.07, 6.45) is 3.57. The van der Waals surface area contributed by atoms with Crippen LogP contribution in [0.4, 0.5) is 0 Å². The average Bonchev–Trinajstić information content (AvgIpc) is 3.21. The molecule has 0 unspecified atom stereocenters. The quantitative estimate of drug-likeness (QED) is 0.749. The van der Waals surface area contributed by atoms with Gasteiger partial charge in [-0.3, -0.25) is 9.48 Å². The maximum atomic E-state index is 12.1. The fourth-order valence-corrected chi connectivity index (χ4v) is 2.58. The minimum atomic E-state index is -0.262. The number of amides is 1. The first-order chi connectivity index (χ1) is 12.0. The number of aryl methyl sites for hydroxylation is 3. The fraction of sp³-hybridized carbons (Fsp3) is 0.263. The van der Waals surface area contributed by atoms with Crippen molar-refractivity contribution in [3.8, 4) is 5.75 Å². The van der Waals surface area contributed by atoms with E-state index in [0.717, 1.165) is 22.4 Å². The second-order valence-electron chi connectivity index (χ2n) is 5.98. The average molecular weight is 339 g/mol. The summed E-state index contributed by atoms with van der Waals surface area (Å²) in [5, 5.41) is 6.87. The van der Waals surface area contributed by atoms with Gasteiger partial charge in [-0.05, 0) is 37.1 Å². The first kappa shape index (κ1) is 16.8. The maximum Gasteiger partial charge on any atom is 0.287 e. The van der Waals surface area contributed by atoms with Crippen molar-refractivity contribution >= 4 is 5.91 Å².